The maximum Gasteiger partial charge on any atom is 0.0541 e. The number of hydrogen-bond donors (Lipinski definition) is 0. The van der Waals surface area contributed by atoms with E-state index >= 15 is 0 Å². The molecule has 0 radical (unpaired) electrons. The molecule has 0 N–H and O–H groups in total. The van der Waals surface area contributed by atoms with Gasteiger partial charge in [0.2, 0.25) is 0 Å². The maximum absolute atomic E-state index is 2.62. The molecular formula is C68H49N3. The summed E-state index contributed by atoms with van der Waals surface area (Å²) in [6, 6.07) is 78.5. The molecule has 0 fully saturated rings. The molecule has 16 rings (SSSR count). The zero-order chi connectivity index (χ0) is 47.3. The molecule has 0 amide bonds. The first kappa shape index (κ1) is 39.4. The van der Waals surface area contributed by atoms with Crippen LogP contribution in [-0.2, 0) is 16.2 Å². The Morgan fingerprint density at radius 2 is 0.746 bits per heavy atom. The van der Waals surface area contributed by atoms with Crippen LogP contribution >= 0.6 is 0 Å². The van der Waals surface area contributed by atoms with Crippen LogP contribution < -0.4 is 4.90 Å². The van der Waals surface area contributed by atoms with Crippen molar-refractivity contribution in [1.29, 1.82) is 0 Å². The number of aromatic nitrogens is 2. The van der Waals surface area contributed by atoms with E-state index in [1.165, 1.54) is 144 Å². The topological polar surface area (TPSA) is 13.1 Å². The first-order chi connectivity index (χ1) is 34.6. The fourth-order valence-corrected chi connectivity index (χ4v) is 14.3. The Balaban J connectivity index is 0.998. The Labute approximate surface area is 413 Å². The minimum Gasteiger partial charge on any atom is -0.310 e. The van der Waals surface area contributed by atoms with E-state index in [1.54, 1.807) is 0 Å². The molecular weight excluding hydrogens is 859 g/mol. The molecule has 10 aromatic carbocycles. The third-order valence-electron chi connectivity index (χ3n) is 17.6. The van der Waals surface area contributed by atoms with Crippen molar-refractivity contribution < 1.29 is 0 Å². The number of nitrogens with zero attached hydrogens (tertiary/aromatic N) is 3. The molecule has 0 bridgehead atoms. The zero-order valence-corrected chi connectivity index (χ0v) is 40.5. The van der Waals surface area contributed by atoms with Gasteiger partial charge in [-0.3, -0.25) is 0 Å². The van der Waals surface area contributed by atoms with Crippen LogP contribution in [0.15, 0.2) is 206 Å². The van der Waals surface area contributed by atoms with Gasteiger partial charge in [0.15, 0.2) is 0 Å². The number of benzene rings is 10. The number of hydrogen-bond acceptors (Lipinski definition) is 1. The predicted molar refractivity (Wildman–Crippen MR) is 296 cm³/mol. The first-order valence-corrected chi connectivity index (χ1v) is 25.3. The lowest BCUT2D eigenvalue weighted by Crippen LogP contribution is -2.33. The molecule has 3 nitrogen and oxygen atoms in total. The van der Waals surface area contributed by atoms with Gasteiger partial charge >= 0.3 is 0 Å². The van der Waals surface area contributed by atoms with Gasteiger partial charge in [0.05, 0.1) is 33.4 Å². The Morgan fingerprint density at radius 1 is 0.282 bits per heavy atom. The summed E-state index contributed by atoms with van der Waals surface area (Å²) in [4.78, 5) is 2.60. The molecule has 1 aliphatic heterocycles. The van der Waals surface area contributed by atoms with Gasteiger partial charge in [0.25, 0.3) is 0 Å². The molecule has 0 saturated carbocycles. The van der Waals surface area contributed by atoms with Crippen LogP contribution in [0.1, 0.15) is 73.6 Å². The summed E-state index contributed by atoms with van der Waals surface area (Å²) in [5.41, 5.74) is 27.7. The van der Waals surface area contributed by atoms with Gasteiger partial charge in [-0.15, -0.1) is 0 Å². The average Bonchev–Trinajstić information content (AvgIpc) is 4.12. The fourth-order valence-electron chi connectivity index (χ4n) is 14.3. The van der Waals surface area contributed by atoms with Crippen molar-refractivity contribution in [3.63, 3.8) is 0 Å². The van der Waals surface area contributed by atoms with Gasteiger partial charge in [-0.2, -0.15) is 0 Å². The average molecular weight is 908 g/mol. The fraction of sp³-hybridized carbons (Fsp3) is 0.118. The van der Waals surface area contributed by atoms with Gasteiger partial charge in [-0.1, -0.05) is 149 Å². The van der Waals surface area contributed by atoms with E-state index in [0.29, 0.717) is 0 Å². The third kappa shape index (κ3) is 4.80. The van der Waals surface area contributed by atoms with E-state index in [-0.39, 0.29) is 10.8 Å². The highest BCUT2D eigenvalue weighted by atomic mass is 15.2. The lowest BCUT2D eigenvalue weighted by atomic mass is 9.68. The van der Waals surface area contributed by atoms with E-state index in [9.17, 15) is 0 Å². The Morgan fingerprint density at radius 3 is 1.38 bits per heavy atom. The molecule has 0 unspecified atom stereocenters. The molecule has 0 saturated heterocycles. The lowest BCUT2D eigenvalue weighted by molar-refractivity contribution is 0.655. The summed E-state index contributed by atoms with van der Waals surface area (Å²) >= 11 is 0. The lowest BCUT2D eigenvalue weighted by Gasteiger charge is -2.43. The second-order valence-corrected chi connectivity index (χ2v) is 21.8. The van der Waals surface area contributed by atoms with Crippen molar-refractivity contribution in [1.82, 2.24) is 9.13 Å². The Hall–Kier alpha value is -8.40. The van der Waals surface area contributed by atoms with E-state index in [4.69, 9.17) is 0 Å². The van der Waals surface area contributed by atoms with Crippen molar-refractivity contribution in [2.24, 2.45) is 0 Å². The molecule has 1 atom stereocenters. The molecule has 336 valence electrons. The summed E-state index contributed by atoms with van der Waals surface area (Å²) in [6.07, 6.45) is 0. The van der Waals surface area contributed by atoms with Crippen LogP contribution in [0.4, 0.5) is 17.1 Å². The van der Waals surface area contributed by atoms with Gasteiger partial charge in [-0.05, 0) is 164 Å². The molecule has 2 aromatic heterocycles. The van der Waals surface area contributed by atoms with Gasteiger partial charge in [-0.25, -0.2) is 0 Å². The zero-order valence-electron chi connectivity index (χ0n) is 40.5. The summed E-state index contributed by atoms with van der Waals surface area (Å²) in [6.45, 7) is 12.3. The monoisotopic (exact) mass is 907 g/mol. The Kier molecular flexibility index (Phi) is 7.37. The highest BCUT2D eigenvalue weighted by molar-refractivity contribution is 6.11. The standard InChI is InChI=1S/C68H49N3/c1-66(2)53-26-14-9-21-43(53)50-38-58-63(39-56(50)66)69(40-19-7-6-8-20-40)64-35-42(71-61-29-17-12-24-47(61)48-25-13-18-30-62(48)71)33-52-51-36-55-49(37-57(51)68(58,5)65(52)64)44-32-31-41(34-54(44)67(55,3)4)70-59-27-15-10-22-45(59)46-23-11-16-28-60(46)70/h6-39H,1-5H3/t68-/m0/s1. The second-order valence-electron chi connectivity index (χ2n) is 21.8. The van der Waals surface area contributed by atoms with Crippen LogP contribution in [0.3, 0.4) is 0 Å². The molecule has 3 heteroatoms. The van der Waals surface area contributed by atoms with Gasteiger partial charge in [0, 0.05) is 54.9 Å². The molecule has 3 heterocycles. The van der Waals surface area contributed by atoms with Crippen LogP contribution in [0.2, 0.25) is 0 Å². The summed E-state index contributed by atoms with van der Waals surface area (Å²) in [5, 5.41) is 5.10. The summed E-state index contributed by atoms with van der Waals surface area (Å²) < 4.78 is 4.98. The molecule has 12 aromatic rings. The second kappa shape index (κ2) is 13.3. The van der Waals surface area contributed by atoms with Crippen molar-refractivity contribution in [3.8, 4) is 44.8 Å². The maximum atomic E-state index is 2.62. The normalized spacial score (nSPS) is 17.1. The van der Waals surface area contributed by atoms with Gasteiger partial charge < -0.3 is 14.0 Å². The highest BCUT2D eigenvalue weighted by Gasteiger charge is 2.52. The number of rotatable bonds is 3. The smallest absolute Gasteiger partial charge is 0.0541 e. The number of fused-ring (bicyclic) bond motifs is 17. The van der Waals surface area contributed by atoms with Crippen LogP contribution in [0.5, 0.6) is 0 Å². The van der Waals surface area contributed by atoms with Crippen LogP contribution in [0.25, 0.3) is 88.4 Å². The van der Waals surface area contributed by atoms with Crippen molar-refractivity contribution in [2.45, 2.75) is 50.9 Å². The molecule has 3 aliphatic carbocycles. The summed E-state index contributed by atoms with van der Waals surface area (Å²) in [5.74, 6) is 0. The molecule has 71 heavy (non-hydrogen) atoms. The van der Waals surface area contributed by atoms with E-state index < -0.39 is 5.41 Å². The molecule has 4 aliphatic rings. The molecule has 0 spiro atoms. The quantitative estimate of drug-likeness (QED) is 0.172. The van der Waals surface area contributed by atoms with Crippen LogP contribution in [0, 0.1) is 0 Å². The predicted octanol–water partition coefficient (Wildman–Crippen LogP) is 17.6. The van der Waals surface area contributed by atoms with Crippen molar-refractivity contribution in [3.05, 3.63) is 245 Å². The highest BCUT2D eigenvalue weighted by Crippen LogP contribution is 2.66. The third-order valence-corrected chi connectivity index (χ3v) is 17.6. The van der Waals surface area contributed by atoms with Gasteiger partial charge in [0.1, 0.15) is 0 Å². The van der Waals surface area contributed by atoms with E-state index in [1.807, 2.05) is 0 Å². The minimum absolute atomic E-state index is 0.164. The van der Waals surface area contributed by atoms with Crippen LogP contribution in [-0.4, -0.2) is 9.13 Å². The first-order valence-electron chi connectivity index (χ1n) is 25.3. The largest absolute Gasteiger partial charge is 0.310 e. The number of anilines is 3. The van der Waals surface area contributed by atoms with E-state index in [2.05, 4.69) is 255 Å². The number of para-hydroxylation sites is 5. The summed E-state index contributed by atoms with van der Waals surface area (Å²) in [7, 11) is 0. The Bertz CT molecular complexity index is 4260. The van der Waals surface area contributed by atoms with Crippen molar-refractivity contribution in [2.75, 3.05) is 4.90 Å². The SMILES string of the molecule is CC1(C)c2cc(-n3c4ccccc4c4ccccc43)ccc2-c2cc3c(cc21)-c1cc(-n2c4ccccc4c4ccccc42)cc2c1[C@]3(C)c1cc3c(cc1N2c1ccccc1)C(C)(C)c1ccccc1-3. The minimum atomic E-state index is -0.471. The van der Waals surface area contributed by atoms with E-state index in [0.717, 1.165) is 0 Å². The van der Waals surface area contributed by atoms with Crippen molar-refractivity contribution >= 4 is 60.7 Å².